The van der Waals surface area contributed by atoms with Gasteiger partial charge >= 0.3 is 6.18 Å². The molecule has 0 spiro atoms. The zero-order valence-electron chi connectivity index (χ0n) is 12.6. The molecule has 2 aromatic carbocycles. The topological polar surface area (TPSA) is 37.3 Å². The van der Waals surface area contributed by atoms with Crippen molar-refractivity contribution in [2.45, 2.75) is 6.18 Å². The molecular weight excluding hydrogens is 415 g/mol. The van der Waals surface area contributed by atoms with Crippen molar-refractivity contribution >= 4 is 38.6 Å². The number of benzene rings is 2. The molecule has 0 unspecified atom stereocenters. The molecule has 3 aromatic rings. The summed E-state index contributed by atoms with van der Waals surface area (Å²) in [5, 5.41) is 6.24. The van der Waals surface area contributed by atoms with Crippen LogP contribution in [0.2, 0.25) is 0 Å². The molecule has 0 aliphatic rings. The summed E-state index contributed by atoms with van der Waals surface area (Å²) < 4.78 is 39.6. The molecule has 1 aromatic heterocycles. The second-order valence-corrected chi connectivity index (χ2v) is 6.78. The van der Waals surface area contributed by atoms with Crippen molar-refractivity contribution in [3.63, 3.8) is 0 Å². The number of nitrogens with zero attached hydrogens (tertiary/aromatic N) is 2. The third-order valence-electron chi connectivity index (χ3n) is 3.26. The van der Waals surface area contributed by atoms with E-state index in [0.29, 0.717) is 9.60 Å². The summed E-state index contributed by atoms with van der Waals surface area (Å²) in [5.41, 5.74) is 3.64. The SMILES string of the molecule is FC(F)(F)c1ccc(Br)cc1C=NNc1nc(-c2ccccc2)cs1. The lowest BCUT2D eigenvalue weighted by Gasteiger charge is -2.10. The van der Waals surface area contributed by atoms with Gasteiger partial charge in [-0.15, -0.1) is 11.3 Å². The van der Waals surface area contributed by atoms with Gasteiger partial charge in [-0.3, -0.25) is 5.43 Å². The van der Waals surface area contributed by atoms with Crippen LogP contribution in [-0.4, -0.2) is 11.2 Å². The van der Waals surface area contributed by atoms with Crippen molar-refractivity contribution < 1.29 is 13.2 Å². The number of alkyl halides is 3. The highest BCUT2D eigenvalue weighted by molar-refractivity contribution is 9.10. The first kappa shape index (κ1) is 17.6. The average molecular weight is 426 g/mol. The molecule has 0 aliphatic heterocycles. The van der Waals surface area contributed by atoms with Gasteiger partial charge in [-0.05, 0) is 18.2 Å². The normalized spacial score (nSPS) is 11.8. The zero-order chi connectivity index (χ0) is 17.9. The second-order valence-electron chi connectivity index (χ2n) is 5.00. The van der Waals surface area contributed by atoms with Crippen LogP contribution in [0.15, 0.2) is 63.5 Å². The van der Waals surface area contributed by atoms with Crippen LogP contribution in [0.5, 0.6) is 0 Å². The minimum atomic E-state index is -4.44. The van der Waals surface area contributed by atoms with Crippen LogP contribution in [0.25, 0.3) is 11.3 Å². The fourth-order valence-corrected chi connectivity index (χ4v) is 3.17. The number of nitrogens with one attached hydrogen (secondary N) is 1. The number of hydrazone groups is 1. The van der Waals surface area contributed by atoms with Gasteiger partial charge in [0.1, 0.15) is 0 Å². The van der Waals surface area contributed by atoms with Gasteiger partial charge in [0, 0.05) is 21.0 Å². The molecule has 25 heavy (non-hydrogen) atoms. The highest BCUT2D eigenvalue weighted by Gasteiger charge is 2.32. The Morgan fingerprint density at radius 2 is 1.88 bits per heavy atom. The number of thiazole rings is 1. The fourth-order valence-electron chi connectivity index (χ4n) is 2.12. The van der Waals surface area contributed by atoms with E-state index in [1.165, 1.54) is 23.5 Å². The third-order valence-corrected chi connectivity index (χ3v) is 4.50. The first-order chi connectivity index (χ1) is 11.9. The molecule has 0 saturated heterocycles. The van der Waals surface area contributed by atoms with Crippen LogP contribution >= 0.6 is 27.3 Å². The van der Waals surface area contributed by atoms with E-state index in [-0.39, 0.29) is 5.56 Å². The van der Waals surface area contributed by atoms with Crippen LogP contribution in [0.3, 0.4) is 0 Å². The Hall–Kier alpha value is -2.19. The number of halogens is 4. The lowest BCUT2D eigenvalue weighted by atomic mass is 10.1. The van der Waals surface area contributed by atoms with E-state index in [2.05, 4.69) is 31.4 Å². The smallest absolute Gasteiger partial charge is 0.253 e. The molecule has 0 radical (unpaired) electrons. The Morgan fingerprint density at radius 3 is 2.60 bits per heavy atom. The molecule has 0 bridgehead atoms. The van der Waals surface area contributed by atoms with Gasteiger partial charge in [0.05, 0.1) is 17.5 Å². The third kappa shape index (κ3) is 4.46. The number of aromatic nitrogens is 1. The molecular formula is C17H11BrF3N3S. The second kappa shape index (κ2) is 7.37. The Morgan fingerprint density at radius 1 is 1.12 bits per heavy atom. The Kier molecular flexibility index (Phi) is 5.19. The van der Waals surface area contributed by atoms with Crippen molar-refractivity contribution in [3.05, 3.63) is 69.5 Å². The van der Waals surface area contributed by atoms with E-state index in [1.807, 2.05) is 35.7 Å². The summed E-state index contributed by atoms with van der Waals surface area (Å²) >= 11 is 4.49. The van der Waals surface area contributed by atoms with E-state index in [4.69, 9.17) is 0 Å². The molecule has 0 fully saturated rings. The zero-order valence-corrected chi connectivity index (χ0v) is 15.0. The highest BCUT2D eigenvalue weighted by atomic mass is 79.9. The fraction of sp³-hybridized carbons (Fsp3) is 0.0588. The maximum absolute atomic E-state index is 13.0. The predicted molar refractivity (Wildman–Crippen MR) is 97.9 cm³/mol. The Balaban J connectivity index is 1.76. The number of hydrogen-bond donors (Lipinski definition) is 1. The van der Waals surface area contributed by atoms with Crippen LogP contribution < -0.4 is 5.43 Å². The summed E-state index contributed by atoms with van der Waals surface area (Å²) in [6.45, 7) is 0. The first-order valence-electron chi connectivity index (χ1n) is 7.10. The number of anilines is 1. The maximum atomic E-state index is 13.0. The summed E-state index contributed by atoms with van der Waals surface area (Å²) in [6, 6.07) is 13.3. The minimum absolute atomic E-state index is 0.0331. The predicted octanol–water partition coefficient (Wildman–Crippen LogP) is 6.04. The summed E-state index contributed by atoms with van der Waals surface area (Å²) in [6.07, 6.45) is -3.30. The van der Waals surface area contributed by atoms with Crippen molar-refractivity contribution in [2.75, 3.05) is 5.43 Å². The standard InChI is InChI=1S/C17H11BrF3N3S/c18-13-6-7-14(17(19,20)21)12(8-13)9-22-24-16-23-15(10-25-16)11-4-2-1-3-5-11/h1-10H,(H,23,24). The van der Waals surface area contributed by atoms with E-state index < -0.39 is 11.7 Å². The maximum Gasteiger partial charge on any atom is 0.417 e. The monoisotopic (exact) mass is 425 g/mol. The molecule has 128 valence electrons. The van der Waals surface area contributed by atoms with Crippen molar-refractivity contribution in [2.24, 2.45) is 5.10 Å². The first-order valence-corrected chi connectivity index (χ1v) is 8.77. The van der Waals surface area contributed by atoms with E-state index >= 15 is 0 Å². The van der Waals surface area contributed by atoms with Crippen LogP contribution in [0, 0.1) is 0 Å². The van der Waals surface area contributed by atoms with Crippen molar-refractivity contribution in [3.8, 4) is 11.3 Å². The van der Waals surface area contributed by atoms with Crippen LogP contribution in [0.4, 0.5) is 18.3 Å². The van der Waals surface area contributed by atoms with Crippen molar-refractivity contribution in [1.29, 1.82) is 0 Å². The largest absolute Gasteiger partial charge is 0.417 e. The lowest BCUT2D eigenvalue weighted by molar-refractivity contribution is -0.137. The lowest BCUT2D eigenvalue weighted by Crippen LogP contribution is -2.09. The van der Waals surface area contributed by atoms with Gasteiger partial charge < -0.3 is 0 Å². The van der Waals surface area contributed by atoms with Crippen LogP contribution in [-0.2, 0) is 6.18 Å². The molecule has 0 atom stereocenters. The van der Waals surface area contributed by atoms with E-state index in [1.54, 1.807) is 0 Å². The minimum Gasteiger partial charge on any atom is -0.253 e. The molecule has 8 heteroatoms. The average Bonchev–Trinajstić information content (AvgIpc) is 3.03. The van der Waals surface area contributed by atoms with E-state index in [9.17, 15) is 13.2 Å². The Labute approximate surface area is 154 Å². The molecule has 0 aliphatic carbocycles. The number of hydrogen-bond acceptors (Lipinski definition) is 4. The quantitative estimate of drug-likeness (QED) is 0.408. The molecule has 1 N–H and O–H groups in total. The van der Waals surface area contributed by atoms with Gasteiger partial charge in [-0.2, -0.15) is 18.3 Å². The van der Waals surface area contributed by atoms with E-state index in [0.717, 1.165) is 23.5 Å². The molecule has 3 rings (SSSR count). The highest BCUT2D eigenvalue weighted by Crippen LogP contribution is 2.32. The van der Waals surface area contributed by atoms with Gasteiger partial charge in [-0.25, -0.2) is 4.98 Å². The molecule has 1 heterocycles. The number of rotatable bonds is 4. The van der Waals surface area contributed by atoms with Gasteiger partial charge in [0.15, 0.2) is 0 Å². The Bertz CT molecular complexity index is 892. The van der Waals surface area contributed by atoms with Gasteiger partial charge in [0.25, 0.3) is 0 Å². The molecule has 0 amide bonds. The molecule has 3 nitrogen and oxygen atoms in total. The van der Waals surface area contributed by atoms with Crippen LogP contribution in [0.1, 0.15) is 11.1 Å². The molecule has 0 saturated carbocycles. The van der Waals surface area contributed by atoms with Gasteiger partial charge in [0.2, 0.25) is 5.13 Å². The van der Waals surface area contributed by atoms with Crippen molar-refractivity contribution in [1.82, 2.24) is 4.98 Å². The summed E-state index contributed by atoms with van der Waals surface area (Å²) in [5.74, 6) is 0. The summed E-state index contributed by atoms with van der Waals surface area (Å²) in [4.78, 5) is 4.36. The summed E-state index contributed by atoms with van der Waals surface area (Å²) in [7, 11) is 0. The van der Waals surface area contributed by atoms with Gasteiger partial charge in [-0.1, -0.05) is 46.3 Å².